The summed E-state index contributed by atoms with van der Waals surface area (Å²) in [6.07, 6.45) is 2.69. The van der Waals surface area contributed by atoms with Crippen molar-refractivity contribution in [2.75, 3.05) is 6.54 Å². The van der Waals surface area contributed by atoms with Gasteiger partial charge in [0.2, 0.25) is 0 Å². The molecule has 0 spiro atoms. The van der Waals surface area contributed by atoms with Gasteiger partial charge in [-0.3, -0.25) is 5.10 Å². The molecule has 4 nitrogen and oxygen atoms in total. The molecule has 1 aliphatic carbocycles. The van der Waals surface area contributed by atoms with Crippen molar-refractivity contribution in [3.63, 3.8) is 0 Å². The Morgan fingerprint density at radius 2 is 2.22 bits per heavy atom. The Morgan fingerprint density at radius 1 is 1.39 bits per heavy atom. The lowest BCUT2D eigenvalue weighted by Gasteiger charge is -2.13. The zero-order valence-corrected chi connectivity index (χ0v) is 10.7. The minimum atomic E-state index is 0.479. The second-order valence-corrected chi connectivity index (χ2v) is 5.18. The number of hydrogen-bond donors (Lipinski definition) is 3. The molecule has 0 aliphatic heterocycles. The monoisotopic (exact) mass is 244 g/mol. The Bertz CT molecular complexity index is 515. The van der Waals surface area contributed by atoms with Crippen molar-refractivity contribution >= 4 is 10.9 Å². The first-order valence-corrected chi connectivity index (χ1v) is 6.71. The molecule has 0 radical (unpaired) electrons. The Hall–Kier alpha value is -1.39. The van der Waals surface area contributed by atoms with Crippen molar-refractivity contribution in [3.05, 3.63) is 30.0 Å². The van der Waals surface area contributed by atoms with Gasteiger partial charge in [0.1, 0.15) is 0 Å². The van der Waals surface area contributed by atoms with E-state index in [1.807, 2.05) is 12.1 Å². The van der Waals surface area contributed by atoms with Gasteiger partial charge in [-0.05, 0) is 25.8 Å². The molecule has 0 amide bonds. The fourth-order valence-corrected chi connectivity index (χ4v) is 2.13. The number of rotatable bonds is 6. The van der Waals surface area contributed by atoms with Crippen molar-refractivity contribution in [1.29, 1.82) is 0 Å². The smallest absolute Gasteiger partial charge is 0.0924 e. The third kappa shape index (κ3) is 2.71. The molecule has 1 aromatic heterocycles. The van der Waals surface area contributed by atoms with Crippen LogP contribution < -0.4 is 10.6 Å². The summed E-state index contributed by atoms with van der Waals surface area (Å²) in [4.78, 5) is 0. The van der Waals surface area contributed by atoms with Gasteiger partial charge in [0.05, 0.1) is 11.2 Å². The van der Waals surface area contributed by atoms with Gasteiger partial charge in [-0.25, -0.2) is 0 Å². The molecular formula is C14H20N4. The Balaban J connectivity index is 1.55. The van der Waals surface area contributed by atoms with Gasteiger partial charge < -0.3 is 10.6 Å². The molecule has 18 heavy (non-hydrogen) atoms. The number of benzene rings is 1. The lowest BCUT2D eigenvalue weighted by molar-refractivity contribution is 0.497. The van der Waals surface area contributed by atoms with E-state index < -0.39 is 0 Å². The molecular weight excluding hydrogens is 224 g/mol. The van der Waals surface area contributed by atoms with Crippen LogP contribution >= 0.6 is 0 Å². The molecule has 1 heterocycles. The second-order valence-electron chi connectivity index (χ2n) is 5.18. The average molecular weight is 244 g/mol. The number of fused-ring (bicyclic) bond motifs is 1. The number of para-hydroxylation sites is 1. The van der Waals surface area contributed by atoms with E-state index in [4.69, 9.17) is 0 Å². The van der Waals surface area contributed by atoms with Crippen LogP contribution in [0.3, 0.4) is 0 Å². The minimum Gasteiger partial charge on any atom is -0.312 e. The zero-order chi connectivity index (χ0) is 12.4. The molecule has 1 aliphatic rings. The van der Waals surface area contributed by atoms with Crippen LogP contribution in [0.2, 0.25) is 0 Å². The van der Waals surface area contributed by atoms with E-state index in [0.29, 0.717) is 6.04 Å². The molecule has 96 valence electrons. The maximum atomic E-state index is 4.30. The van der Waals surface area contributed by atoms with E-state index in [2.05, 4.69) is 39.9 Å². The summed E-state index contributed by atoms with van der Waals surface area (Å²) in [7, 11) is 0. The summed E-state index contributed by atoms with van der Waals surface area (Å²) in [5.41, 5.74) is 2.21. The van der Waals surface area contributed by atoms with E-state index in [1.165, 1.54) is 23.9 Å². The number of H-pyrrole nitrogens is 1. The molecule has 3 rings (SSSR count). The minimum absolute atomic E-state index is 0.479. The van der Waals surface area contributed by atoms with Crippen LogP contribution in [0.25, 0.3) is 10.9 Å². The second kappa shape index (κ2) is 5.08. The molecule has 1 fully saturated rings. The van der Waals surface area contributed by atoms with Crippen molar-refractivity contribution in [1.82, 2.24) is 20.8 Å². The van der Waals surface area contributed by atoms with Gasteiger partial charge in [0.25, 0.3) is 0 Å². The number of aromatic nitrogens is 2. The standard InChI is InChI=1S/C14H20N4/c1-10(8-16-11-6-7-11)15-9-14-12-4-2-3-5-13(12)17-18-14/h2-5,10-11,15-16H,6-9H2,1H3,(H,17,18). The summed E-state index contributed by atoms with van der Waals surface area (Å²) in [6.45, 7) is 4.10. The third-order valence-electron chi connectivity index (χ3n) is 3.46. The third-order valence-corrected chi connectivity index (χ3v) is 3.46. The SMILES string of the molecule is CC(CNC1CC1)NCc1[nH]nc2ccccc12. The Labute approximate surface area is 107 Å². The fraction of sp³-hybridized carbons (Fsp3) is 0.500. The number of aromatic amines is 1. The highest BCUT2D eigenvalue weighted by Gasteiger charge is 2.20. The normalized spacial score (nSPS) is 17.2. The molecule has 1 aromatic carbocycles. The molecule has 0 saturated heterocycles. The predicted molar refractivity (Wildman–Crippen MR) is 73.4 cm³/mol. The largest absolute Gasteiger partial charge is 0.312 e. The van der Waals surface area contributed by atoms with E-state index in [1.54, 1.807) is 0 Å². The first-order chi connectivity index (χ1) is 8.83. The zero-order valence-electron chi connectivity index (χ0n) is 10.7. The van der Waals surface area contributed by atoms with E-state index >= 15 is 0 Å². The highest BCUT2D eigenvalue weighted by atomic mass is 15.1. The summed E-state index contributed by atoms with van der Waals surface area (Å²) < 4.78 is 0. The van der Waals surface area contributed by atoms with Crippen molar-refractivity contribution in [2.45, 2.75) is 38.4 Å². The van der Waals surface area contributed by atoms with Crippen molar-refractivity contribution in [3.8, 4) is 0 Å². The number of nitrogens with one attached hydrogen (secondary N) is 3. The molecule has 2 aromatic rings. The van der Waals surface area contributed by atoms with Crippen molar-refractivity contribution in [2.24, 2.45) is 0 Å². The average Bonchev–Trinajstić information content (AvgIpc) is 3.14. The summed E-state index contributed by atoms with van der Waals surface area (Å²) in [5, 5.41) is 15.7. The van der Waals surface area contributed by atoms with Crippen LogP contribution in [0.5, 0.6) is 0 Å². The Morgan fingerprint density at radius 3 is 3.06 bits per heavy atom. The van der Waals surface area contributed by atoms with Gasteiger partial charge in [-0.15, -0.1) is 0 Å². The number of nitrogens with zero attached hydrogens (tertiary/aromatic N) is 1. The molecule has 3 N–H and O–H groups in total. The quantitative estimate of drug-likeness (QED) is 0.726. The summed E-state index contributed by atoms with van der Waals surface area (Å²) >= 11 is 0. The van der Waals surface area contributed by atoms with Gasteiger partial charge in [0, 0.05) is 30.6 Å². The van der Waals surface area contributed by atoms with Gasteiger partial charge >= 0.3 is 0 Å². The van der Waals surface area contributed by atoms with Crippen molar-refractivity contribution < 1.29 is 0 Å². The molecule has 1 saturated carbocycles. The first-order valence-electron chi connectivity index (χ1n) is 6.71. The maximum Gasteiger partial charge on any atom is 0.0924 e. The van der Waals surface area contributed by atoms with Crippen LogP contribution in [0.4, 0.5) is 0 Å². The topological polar surface area (TPSA) is 52.7 Å². The predicted octanol–water partition coefficient (Wildman–Crippen LogP) is 1.79. The van der Waals surface area contributed by atoms with Crippen LogP contribution in [-0.4, -0.2) is 28.8 Å². The summed E-state index contributed by atoms with van der Waals surface area (Å²) in [5.74, 6) is 0. The number of hydrogen-bond acceptors (Lipinski definition) is 3. The highest BCUT2D eigenvalue weighted by Crippen LogP contribution is 2.18. The lowest BCUT2D eigenvalue weighted by Crippen LogP contribution is -2.36. The lowest BCUT2D eigenvalue weighted by atomic mass is 10.2. The molecule has 4 heteroatoms. The van der Waals surface area contributed by atoms with Crippen LogP contribution in [0, 0.1) is 0 Å². The van der Waals surface area contributed by atoms with E-state index in [9.17, 15) is 0 Å². The van der Waals surface area contributed by atoms with Crippen LogP contribution in [-0.2, 0) is 6.54 Å². The molecule has 1 unspecified atom stereocenters. The van der Waals surface area contributed by atoms with Crippen LogP contribution in [0.1, 0.15) is 25.5 Å². The molecule has 1 atom stereocenters. The maximum absolute atomic E-state index is 4.30. The van der Waals surface area contributed by atoms with E-state index in [-0.39, 0.29) is 0 Å². The fourth-order valence-electron chi connectivity index (χ4n) is 2.13. The molecule has 0 bridgehead atoms. The van der Waals surface area contributed by atoms with E-state index in [0.717, 1.165) is 24.6 Å². The van der Waals surface area contributed by atoms with Crippen LogP contribution in [0.15, 0.2) is 24.3 Å². The van der Waals surface area contributed by atoms with Gasteiger partial charge in [-0.2, -0.15) is 5.10 Å². The van der Waals surface area contributed by atoms with Gasteiger partial charge in [0.15, 0.2) is 0 Å². The highest BCUT2D eigenvalue weighted by molar-refractivity contribution is 5.81. The Kier molecular flexibility index (Phi) is 3.30. The summed E-state index contributed by atoms with van der Waals surface area (Å²) in [6, 6.07) is 9.48. The van der Waals surface area contributed by atoms with Gasteiger partial charge in [-0.1, -0.05) is 18.2 Å². The first kappa shape index (κ1) is 11.7.